The minimum Gasteiger partial charge on any atom is -0.387 e. The maximum absolute atomic E-state index is 10.1. The number of thiazole rings is 1. The quantitative estimate of drug-likeness (QED) is 0.840. The normalized spacial score (nSPS) is 26.7. The van der Waals surface area contributed by atoms with Gasteiger partial charge in [0.2, 0.25) is 0 Å². The molecule has 1 heterocycles. The lowest BCUT2D eigenvalue weighted by Gasteiger charge is -2.29. The molecule has 0 spiro atoms. The van der Waals surface area contributed by atoms with Gasteiger partial charge in [-0.15, -0.1) is 11.3 Å². The van der Waals surface area contributed by atoms with Crippen molar-refractivity contribution >= 4 is 11.3 Å². The van der Waals surface area contributed by atoms with Crippen LogP contribution in [0.2, 0.25) is 0 Å². The summed E-state index contributed by atoms with van der Waals surface area (Å²) in [5, 5.41) is 11.2. The molecule has 2 aliphatic rings. The molecule has 3 rings (SSSR count). The van der Waals surface area contributed by atoms with Gasteiger partial charge in [-0.25, -0.2) is 4.98 Å². The van der Waals surface area contributed by atoms with E-state index in [9.17, 15) is 5.11 Å². The molecule has 0 bridgehead atoms. The monoisotopic (exact) mass is 281 g/mol. The molecule has 1 aromatic heterocycles. The Balaban J connectivity index is 1.95. The van der Waals surface area contributed by atoms with Gasteiger partial charge in [-0.2, -0.15) is 0 Å². The van der Waals surface area contributed by atoms with Gasteiger partial charge in [0.1, 0.15) is 10.6 Å². The molecule has 1 N–H and O–H groups in total. The standard InChI is InChI=1S/C15H23NO2S/c1-18-15(9-4-2-3-5-10-15)14-16-13-11(17)7-6-8-12(13)19-14/h11,17H,2-10H2,1H3. The Labute approximate surface area is 119 Å². The second kappa shape index (κ2) is 5.51. The Morgan fingerprint density at radius 1 is 1.21 bits per heavy atom. The summed E-state index contributed by atoms with van der Waals surface area (Å²) < 4.78 is 5.92. The lowest BCUT2D eigenvalue weighted by molar-refractivity contribution is -0.0282. The van der Waals surface area contributed by atoms with Crippen molar-refractivity contribution in [3.05, 3.63) is 15.6 Å². The molecule has 0 radical (unpaired) electrons. The summed E-state index contributed by atoms with van der Waals surface area (Å²) in [7, 11) is 1.82. The van der Waals surface area contributed by atoms with Crippen LogP contribution >= 0.6 is 11.3 Å². The lowest BCUT2D eigenvalue weighted by Crippen LogP contribution is -2.27. The van der Waals surface area contributed by atoms with Crippen LogP contribution in [-0.4, -0.2) is 17.2 Å². The Bertz CT molecular complexity index is 435. The first-order chi connectivity index (χ1) is 9.25. The van der Waals surface area contributed by atoms with E-state index in [4.69, 9.17) is 9.72 Å². The number of aliphatic hydroxyl groups excluding tert-OH is 1. The number of fused-ring (bicyclic) bond motifs is 1. The summed E-state index contributed by atoms with van der Waals surface area (Å²) >= 11 is 1.78. The van der Waals surface area contributed by atoms with Gasteiger partial charge in [-0.3, -0.25) is 0 Å². The smallest absolute Gasteiger partial charge is 0.125 e. The average molecular weight is 281 g/mol. The number of aliphatic hydroxyl groups is 1. The largest absolute Gasteiger partial charge is 0.387 e. The van der Waals surface area contributed by atoms with E-state index in [-0.39, 0.29) is 11.7 Å². The molecule has 2 aliphatic carbocycles. The molecule has 0 amide bonds. The fourth-order valence-electron chi connectivity index (χ4n) is 3.40. The van der Waals surface area contributed by atoms with E-state index in [1.165, 1.54) is 30.6 Å². The number of aromatic nitrogens is 1. The highest BCUT2D eigenvalue weighted by molar-refractivity contribution is 7.11. The fraction of sp³-hybridized carbons (Fsp3) is 0.800. The van der Waals surface area contributed by atoms with Crippen molar-refractivity contribution in [3.63, 3.8) is 0 Å². The van der Waals surface area contributed by atoms with Gasteiger partial charge in [-0.05, 0) is 32.1 Å². The van der Waals surface area contributed by atoms with Crippen molar-refractivity contribution in [2.24, 2.45) is 0 Å². The van der Waals surface area contributed by atoms with Crippen LogP contribution in [0, 0.1) is 0 Å². The molecular formula is C15H23NO2S. The molecule has 1 atom stereocenters. The number of hydrogen-bond donors (Lipinski definition) is 1. The molecule has 1 aromatic rings. The summed E-state index contributed by atoms with van der Waals surface area (Å²) in [6.07, 6.45) is 9.86. The fourth-order valence-corrected chi connectivity index (χ4v) is 4.78. The summed E-state index contributed by atoms with van der Waals surface area (Å²) in [5.74, 6) is 0. The van der Waals surface area contributed by atoms with Gasteiger partial charge in [0, 0.05) is 12.0 Å². The zero-order valence-electron chi connectivity index (χ0n) is 11.7. The molecule has 4 heteroatoms. The number of hydrogen-bond acceptors (Lipinski definition) is 4. The highest BCUT2D eigenvalue weighted by Gasteiger charge is 2.37. The van der Waals surface area contributed by atoms with Crippen LogP contribution in [-0.2, 0) is 16.8 Å². The molecule has 0 aliphatic heterocycles. The molecule has 0 aromatic carbocycles. The number of aryl methyl sites for hydroxylation is 1. The Hall–Kier alpha value is -0.450. The van der Waals surface area contributed by atoms with Crippen LogP contribution in [0.4, 0.5) is 0 Å². The van der Waals surface area contributed by atoms with Crippen LogP contribution in [0.1, 0.15) is 73.0 Å². The molecule has 1 unspecified atom stereocenters. The van der Waals surface area contributed by atoms with Gasteiger partial charge >= 0.3 is 0 Å². The highest BCUT2D eigenvalue weighted by Crippen LogP contribution is 2.44. The summed E-state index contributed by atoms with van der Waals surface area (Å²) in [6, 6.07) is 0. The van der Waals surface area contributed by atoms with Crippen molar-refractivity contribution in [2.45, 2.75) is 69.5 Å². The minimum atomic E-state index is -0.353. The van der Waals surface area contributed by atoms with E-state index in [1.54, 1.807) is 11.3 Å². The predicted molar refractivity (Wildman–Crippen MR) is 76.4 cm³/mol. The van der Waals surface area contributed by atoms with Crippen LogP contribution in [0.5, 0.6) is 0 Å². The van der Waals surface area contributed by atoms with E-state index < -0.39 is 0 Å². The lowest BCUT2D eigenvalue weighted by atomic mass is 9.94. The number of rotatable bonds is 2. The zero-order valence-corrected chi connectivity index (χ0v) is 12.5. The predicted octanol–water partition coefficient (Wildman–Crippen LogP) is 3.71. The summed E-state index contributed by atoms with van der Waals surface area (Å²) in [6.45, 7) is 0. The second-order valence-electron chi connectivity index (χ2n) is 5.85. The number of methoxy groups -OCH3 is 1. The summed E-state index contributed by atoms with van der Waals surface area (Å²) in [4.78, 5) is 6.07. The van der Waals surface area contributed by atoms with E-state index >= 15 is 0 Å². The zero-order chi connectivity index (χ0) is 13.3. The van der Waals surface area contributed by atoms with Crippen molar-refractivity contribution in [3.8, 4) is 0 Å². The minimum absolute atomic E-state index is 0.182. The van der Waals surface area contributed by atoms with Crippen molar-refractivity contribution in [2.75, 3.05) is 7.11 Å². The Kier molecular flexibility index (Phi) is 3.92. The molecule has 19 heavy (non-hydrogen) atoms. The van der Waals surface area contributed by atoms with E-state index in [1.807, 2.05) is 7.11 Å². The molecule has 1 saturated carbocycles. The SMILES string of the molecule is COC1(c2nc3c(s2)CCCC3O)CCCCCC1. The Morgan fingerprint density at radius 3 is 2.58 bits per heavy atom. The number of ether oxygens (including phenoxy) is 1. The third-order valence-corrected chi connectivity index (χ3v) is 5.93. The van der Waals surface area contributed by atoms with Gasteiger partial charge in [0.25, 0.3) is 0 Å². The van der Waals surface area contributed by atoms with Gasteiger partial charge < -0.3 is 9.84 Å². The topological polar surface area (TPSA) is 42.4 Å². The van der Waals surface area contributed by atoms with Crippen molar-refractivity contribution < 1.29 is 9.84 Å². The van der Waals surface area contributed by atoms with E-state index in [0.29, 0.717) is 0 Å². The molecule has 1 fully saturated rings. The maximum Gasteiger partial charge on any atom is 0.125 e. The van der Waals surface area contributed by atoms with Crippen LogP contribution in [0.25, 0.3) is 0 Å². The van der Waals surface area contributed by atoms with Crippen LogP contribution in [0.3, 0.4) is 0 Å². The maximum atomic E-state index is 10.1. The van der Waals surface area contributed by atoms with Gasteiger partial charge in [-0.1, -0.05) is 25.7 Å². The highest BCUT2D eigenvalue weighted by atomic mass is 32.1. The van der Waals surface area contributed by atoms with Crippen LogP contribution in [0.15, 0.2) is 0 Å². The van der Waals surface area contributed by atoms with Gasteiger partial charge in [0.15, 0.2) is 0 Å². The first kappa shape index (κ1) is 13.5. The number of nitrogens with zero attached hydrogens (tertiary/aromatic N) is 1. The molecular weight excluding hydrogens is 258 g/mol. The summed E-state index contributed by atoms with van der Waals surface area (Å²) in [5.41, 5.74) is 0.755. The van der Waals surface area contributed by atoms with E-state index in [0.717, 1.165) is 42.8 Å². The Morgan fingerprint density at radius 2 is 1.95 bits per heavy atom. The average Bonchev–Trinajstić information content (AvgIpc) is 2.72. The van der Waals surface area contributed by atoms with Crippen molar-refractivity contribution in [1.29, 1.82) is 0 Å². The first-order valence-corrected chi connectivity index (χ1v) is 8.30. The first-order valence-electron chi connectivity index (χ1n) is 7.48. The molecule has 0 saturated heterocycles. The van der Waals surface area contributed by atoms with Gasteiger partial charge in [0.05, 0.1) is 11.8 Å². The molecule has 3 nitrogen and oxygen atoms in total. The van der Waals surface area contributed by atoms with E-state index in [2.05, 4.69) is 0 Å². The molecule has 106 valence electrons. The second-order valence-corrected chi connectivity index (χ2v) is 6.93. The van der Waals surface area contributed by atoms with Crippen LogP contribution < -0.4 is 0 Å². The third kappa shape index (κ3) is 2.46. The third-order valence-electron chi connectivity index (χ3n) is 4.62. The van der Waals surface area contributed by atoms with Crippen molar-refractivity contribution in [1.82, 2.24) is 4.98 Å².